The molecule has 1 saturated heterocycles. The van der Waals surface area contributed by atoms with E-state index in [4.69, 9.17) is 4.74 Å². The molecule has 6 heteroatoms. The Balaban J connectivity index is 1.60. The second-order valence-corrected chi connectivity index (χ2v) is 5.47. The van der Waals surface area contributed by atoms with Gasteiger partial charge in [-0.1, -0.05) is 6.07 Å². The van der Waals surface area contributed by atoms with Crippen molar-refractivity contribution >= 4 is 11.8 Å². The van der Waals surface area contributed by atoms with Gasteiger partial charge in [0.25, 0.3) is 0 Å². The summed E-state index contributed by atoms with van der Waals surface area (Å²) in [6.07, 6.45) is 3.15. The van der Waals surface area contributed by atoms with E-state index in [1.165, 1.54) is 0 Å². The van der Waals surface area contributed by atoms with E-state index in [2.05, 4.69) is 34.4 Å². The minimum absolute atomic E-state index is 0.211. The Morgan fingerprint density at radius 1 is 1.38 bits per heavy atom. The number of carbonyl (C=O) groups is 1. The molecule has 0 aliphatic carbocycles. The number of nitrogens with one attached hydrogen (secondary N) is 2. The van der Waals surface area contributed by atoms with Crippen molar-refractivity contribution in [2.45, 2.75) is 32.5 Å². The fourth-order valence-electron chi connectivity index (χ4n) is 2.57. The molecule has 1 aromatic heterocycles. The highest BCUT2D eigenvalue weighted by atomic mass is 16.5. The minimum Gasteiger partial charge on any atom is -0.373 e. The largest absolute Gasteiger partial charge is 0.373 e. The van der Waals surface area contributed by atoms with Gasteiger partial charge < -0.3 is 10.1 Å². The summed E-state index contributed by atoms with van der Waals surface area (Å²) in [5.41, 5.74) is 0. The molecule has 6 nitrogen and oxygen atoms in total. The summed E-state index contributed by atoms with van der Waals surface area (Å²) in [6.45, 7) is 7.75. The van der Waals surface area contributed by atoms with Crippen molar-refractivity contribution in [1.82, 2.24) is 15.2 Å². The van der Waals surface area contributed by atoms with Gasteiger partial charge in [0.1, 0.15) is 5.82 Å². The first kappa shape index (κ1) is 15.7. The molecule has 116 valence electrons. The predicted molar refractivity (Wildman–Crippen MR) is 82.3 cm³/mol. The van der Waals surface area contributed by atoms with Crippen LogP contribution < -0.4 is 10.6 Å². The van der Waals surface area contributed by atoms with Gasteiger partial charge in [-0.05, 0) is 32.4 Å². The van der Waals surface area contributed by atoms with E-state index >= 15 is 0 Å². The van der Waals surface area contributed by atoms with E-state index in [0.717, 1.165) is 26.1 Å². The molecule has 2 rings (SSSR count). The van der Waals surface area contributed by atoms with Gasteiger partial charge in [0.2, 0.25) is 0 Å². The van der Waals surface area contributed by atoms with Crippen molar-refractivity contribution in [2.75, 3.05) is 31.5 Å². The lowest BCUT2D eigenvalue weighted by Crippen LogP contribution is -2.46. The molecule has 2 amide bonds. The Bertz CT molecular complexity index is 431. The van der Waals surface area contributed by atoms with Crippen molar-refractivity contribution in [3.8, 4) is 0 Å². The molecule has 2 heterocycles. The number of anilines is 1. The average molecular weight is 292 g/mol. The van der Waals surface area contributed by atoms with Crippen LogP contribution in [-0.4, -0.2) is 54.3 Å². The highest BCUT2D eigenvalue weighted by molar-refractivity contribution is 5.88. The molecule has 1 aromatic rings. The van der Waals surface area contributed by atoms with E-state index in [1.807, 2.05) is 12.1 Å². The molecule has 0 saturated carbocycles. The van der Waals surface area contributed by atoms with Crippen LogP contribution in [0.4, 0.5) is 10.6 Å². The summed E-state index contributed by atoms with van der Waals surface area (Å²) in [6, 6.07) is 5.20. The lowest BCUT2D eigenvalue weighted by molar-refractivity contribution is -0.0679. The highest BCUT2D eigenvalue weighted by Gasteiger charge is 2.21. The van der Waals surface area contributed by atoms with Crippen LogP contribution >= 0.6 is 0 Å². The third-order valence-electron chi connectivity index (χ3n) is 3.34. The van der Waals surface area contributed by atoms with Crippen molar-refractivity contribution in [3.63, 3.8) is 0 Å². The van der Waals surface area contributed by atoms with Gasteiger partial charge in [-0.2, -0.15) is 0 Å². The van der Waals surface area contributed by atoms with E-state index in [9.17, 15) is 4.79 Å². The quantitative estimate of drug-likeness (QED) is 0.811. The zero-order chi connectivity index (χ0) is 15.1. The fraction of sp³-hybridized carbons (Fsp3) is 0.600. The maximum absolute atomic E-state index is 11.7. The number of urea groups is 1. The van der Waals surface area contributed by atoms with Crippen molar-refractivity contribution in [1.29, 1.82) is 0 Å². The summed E-state index contributed by atoms with van der Waals surface area (Å²) in [5, 5.41) is 5.54. The lowest BCUT2D eigenvalue weighted by Gasteiger charge is -2.35. The van der Waals surface area contributed by atoms with Gasteiger partial charge in [0, 0.05) is 32.4 Å². The smallest absolute Gasteiger partial charge is 0.320 e. The standard InChI is InChI=1S/C15H24N4O2/c1-12-10-19(11-13(2)21-12)9-5-8-17-15(20)18-14-6-3-4-7-16-14/h3-4,6-7,12-13H,5,8-11H2,1-2H3,(H2,16,17,18,20)/t12-,13+. The molecule has 2 atom stereocenters. The number of morpholine rings is 1. The van der Waals surface area contributed by atoms with Crippen molar-refractivity contribution in [2.24, 2.45) is 0 Å². The molecule has 1 aliphatic heterocycles. The van der Waals surface area contributed by atoms with Crippen LogP contribution in [0.5, 0.6) is 0 Å². The van der Waals surface area contributed by atoms with E-state index in [-0.39, 0.29) is 18.2 Å². The van der Waals surface area contributed by atoms with Gasteiger partial charge >= 0.3 is 6.03 Å². The van der Waals surface area contributed by atoms with Crippen LogP contribution in [0.2, 0.25) is 0 Å². The third kappa shape index (κ3) is 5.69. The molecular weight excluding hydrogens is 268 g/mol. The van der Waals surface area contributed by atoms with E-state index in [0.29, 0.717) is 12.4 Å². The molecule has 0 aromatic carbocycles. The summed E-state index contributed by atoms with van der Waals surface area (Å²) < 4.78 is 5.70. The topological polar surface area (TPSA) is 66.5 Å². The molecule has 1 fully saturated rings. The molecular formula is C15H24N4O2. The third-order valence-corrected chi connectivity index (χ3v) is 3.34. The molecule has 1 aliphatic rings. The average Bonchev–Trinajstić information content (AvgIpc) is 2.44. The summed E-state index contributed by atoms with van der Waals surface area (Å²) in [4.78, 5) is 18.1. The number of nitrogens with zero attached hydrogens (tertiary/aromatic N) is 2. The maximum atomic E-state index is 11.7. The Morgan fingerprint density at radius 3 is 2.81 bits per heavy atom. The van der Waals surface area contributed by atoms with E-state index in [1.54, 1.807) is 12.3 Å². The minimum atomic E-state index is -0.211. The molecule has 0 bridgehead atoms. The second kappa shape index (κ2) is 7.95. The van der Waals surface area contributed by atoms with Gasteiger partial charge in [0.05, 0.1) is 12.2 Å². The Kier molecular flexibility index (Phi) is 5.95. The first-order valence-electron chi connectivity index (χ1n) is 7.47. The number of hydrogen-bond donors (Lipinski definition) is 2. The molecule has 21 heavy (non-hydrogen) atoms. The number of ether oxygens (including phenoxy) is 1. The van der Waals surface area contributed by atoms with Crippen LogP contribution in [0.15, 0.2) is 24.4 Å². The summed E-state index contributed by atoms with van der Waals surface area (Å²) in [7, 11) is 0. The number of aromatic nitrogens is 1. The zero-order valence-corrected chi connectivity index (χ0v) is 12.7. The Labute approximate surface area is 125 Å². The highest BCUT2D eigenvalue weighted by Crippen LogP contribution is 2.10. The maximum Gasteiger partial charge on any atom is 0.320 e. The van der Waals surface area contributed by atoms with Gasteiger partial charge in [-0.3, -0.25) is 10.2 Å². The van der Waals surface area contributed by atoms with Gasteiger partial charge in [-0.15, -0.1) is 0 Å². The first-order chi connectivity index (χ1) is 10.1. The first-order valence-corrected chi connectivity index (χ1v) is 7.47. The van der Waals surface area contributed by atoms with Crippen LogP contribution in [-0.2, 0) is 4.74 Å². The second-order valence-electron chi connectivity index (χ2n) is 5.47. The lowest BCUT2D eigenvalue weighted by atomic mass is 10.2. The van der Waals surface area contributed by atoms with Crippen LogP contribution in [0.1, 0.15) is 20.3 Å². The normalized spacial score (nSPS) is 22.8. The number of hydrogen-bond acceptors (Lipinski definition) is 4. The fourth-order valence-corrected chi connectivity index (χ4v) is 2.57. The van der Waals surface area contributed by atoms with Crippen molar-refractivity contribution in [3.05, 3.63) is 24.4 Å². The predicted octanol–water partition coefficient (Wildman–Crippen LogP) is 1.70. The molecule has 0 radical (unpaired) electrons. The van der Waals surface area contributed by atoms with Crippen LogP contribution in [0.3, 0.4) is 0 Å². The number of carbonyl (C=O) groups excluding carboxylic acids is 1. The summed E-state index contributed by atoms with van der Waals surface area (Å²) in [5.74, 6) is 0.561. The number of amides is 2. The molecule has 2 N–H and O–H groups in total. The Hall–Kier alpha value is -1.66. The van der Waals surface area contributed by atoms with Crippen molar-refractivity contribution < 1.29 is 9.53 Å². The number of pyridine rings is 1. The van der Waals surface area contributed by atoms with Gasteiger partial charge in [-0.25, -0.2) is 9.78 Å². The molecule has 0 unspecified atom stereocenters. The van der Waals surface area contributed by atoms with E-state index < -0.39 is 0 Å². The zero-order valence-electron chi connectivity index (χ0n) is 12.7. The Morgan fingerprint density at radius 2 is 2.14 bits per heavy atom. The monoisotopic (exact) mass is 292 g/mol. The summed E-state index contributed by atoms with van der Waals surface area (Å²) >= 11 is 0. The van der Waals surface area contributed by atoms with Crippen LogP contribution in [0, 0.1) is 0 Å². The SMILES string of the molecule is C[C@@H]1CN(CCCNC(=O)Nc2ccccn2)C[C@H](C)O1. The van der Waals surface area contributed by atoms with Gasteiger partial charge in [0.15, 0.2) is 0 Å². The molecule has 0 spiro atoms. The number of rotatable bonds is 5. The van der Waals surface area contributed by atoms with Crippen LogP contribution in [0.25, 0.3) is 0 Å².